The third kappa shape index (κ3) is 4.42. The van der Waals surface area contributed by atoms with E-state index in [0.29, 0.717) is 11.4 Å². The Morgan fingerprint density at radius 3 is 1.93 bits per heavy atom. The fourth-order valence-electron chi connectivity index (χ4n) is 3.37. The van der Waals surface area contributed by atoms with Crippen LogP contribution in [0.15, 0.2) is 60.7 Å². The zero-order valence-electron chi connectivity index (χ0n) is 16.6. The van der Waals surface area contributed by atoms with Crippen LogP contribution < -0.4 is 4.90 Å². The monoisotopic (exact) mass is 416 g/mol. The highest BCUT2D eigenvalue weighted by Crippen LogP contribution is 2.56. The number of imide groups is 1. The molecule has 7 nitrogen and oxygen atoms in total. The van der Waals surface area contributed by atoms with Crippen molar-refractivity contribution in [1.82, 2.24) is 4.90 Å². The molecule has 2 aromatic rings. The first-order valence-corrected chi connectivity index (χ1v) is 11.3. The molecular formula is C21H25N2O5P. The minimum Gasteiger partial charge on any atom is -0.308 e. The normalized spacial score (nSPS) is 16.8. The van der Waals surface area contributed by atoms with E-state index in [1.54, 1.807) is 38.1 Å². The summed E-state index contributed by atoms with van der Waals surface area (Å²) >= 11 is 0. The molecule has 1 atom stereocenters. The van der Waals surface area contributed by atoms with Crippen molar-refractivity contribution < 1.29 is 23.2 Å². The number of rotatable bonds is 7. The molecule has 0 aromatic heterocycles. The van der Waals surface area contributed by atoms with E-state index in [0.717, 1.165) is 4.90 Å². The SMILES string of the molecule is CCOP(=O)(OCC)C1CCN(C(=O)N(c2ccccc2)c2ccccc2)C1=O. The Balaban J connectivity index is 1.91. The van der Waals surface area contributed by atoms with E-state index < -0.39 is 25.2 Å². The van der Waals surface area contributed by atoms with Crippen molar-refractivity contribution in [3.8, 4) is 0 Å². The standard InChI is InChI=1S/C21H25N2O5P/c1-3-27-29(26,28-4-2)19-15-16-22(20(19)24)21(25)23(17-11-7-5-8-12-17)18-13-9-6-10-14-18/h5-14,19H,3-4,15-16H2,1-2H3. The van der Waals surface area contributed by atoms with Gasteiger partial charge in [0.05, 0.1) is 24.6 Å². The number of carbonyl (C=O) groups is 2. The van der Waals surface area contributed by atoms with Gasteiger partial charge in [0.1, 0.15) is 5.66 Å². The van der Waals surface area contributed by atoms with E-state index in [1.807, 2.05) is 36.4 Å². The lowest BCUT2D eigenvalue weighted by molar-refractivity contribution is -0.125. The molecule has 3 rings (SSSR count). The molecule has 1 unspecified atom stereocenters. The fraction of sp³-hybridized carbons (Fsp3) is 0.333. The van der Waals surface area contributed by atoms with Crippen molar-refractivity contribution in [1.29, 1.82) is 0 Å². The number of nitrogens with zero attached hydrogens (tertiary/aromatic N) is 2. The fourth-order valence-corrected chi connectivity index (χ4v) is 5.37. The van der Waals surface area contributed by atoms with Crippen molar-refractivity contribution in [3.05, 3.63) is 60.7 Å². The molecule has 1 aliphatic heterocycles. The topological polar surface area (TPSA) is 76.2 Å². The number of benzene rings is 2. The zero-order chi connectivity index (χ0) is 20.9. The summed E-state index contributed by atoms with van der Waals surface area (Å²) in [6, 6.07) is 17.7. The Morgan fingerprint density at radius 1 is 1.00 bits per heavy atom. The second kappa shape index (κ2) is 9.35. The largest absolute Gasteiger partial charge is 0.343 e. The van der Waals surface area contributed by atoms with Crippen LogP contribution >= 0.6 is 7.60 Å². The third-order valence-corrected chi connectivity index (χ3v) is 7.11. The van der Waals surface area contributed by atoms with Crippen LogP contribution in [0.1, 0.15) is 20.3 Å². The first kappa shape index (κ1) is 21.2. The molecule has 1 saturated heterocycles. The lowest BCUT2D eigenvalue weighted by atomic mass is 10.2. The maximum absolute atomic E-state index is 13.4. The van der Waals surface area contributed by atoms with Crippen molar-refractivity contribution >= 4 is 30.9 Å². The van der Waals surface area contributed by atoms with Crippen LogP contribution in [-0.2, 0) is 18.4 Å². The minimum atomic E-state index is -3.64. The lowest BCUT2D eigenvalue weighted by Gasteiger charge is -2.28. The summed E-state index contributed by atoms with van der Waals surface area (Å²) in [5.74, 6) is -0.530. The number of anilines is 2. The summed E-state index contributed by atoms with van der Waals surface area (Å²) in [7, 11) is -3.64. The predicted octanol–water partition coefficient (Wildman–Crippen LogP) is 4.81. The Kier molecular flexibility index (Phi) is 6.85. The van der Waals surface area contributed by atoms with Gasteiger partial charge in [-0.3, -0.25) is 19.2 Å². The Bertz CT molecular complexity index is 841. The van der Waals surface area contributed by atoms with Crippen LogP contribution in [0.2, 0.25) is 0 Å². The van der Waals surface area contributed by atoms with Gasteiger partial charge in [-0.2, -0.15) is 0 Å². The van der Waals surface area contributed by atoms with Crippen LogP contribution in [-0.4, -0.2) is 42.3 Å². The minimum absolute atomic E-state index is 0.155. The van der Waals surface area contributed by atoms with Gasteiger partial charge in [0.25, 0.3) is 0 Å². The molecular weight excluding hydrogens is 391 g/mol. The molecule has 0 radical (unpaired) electrons. The van der Waals surface area contributed by atoms with Crippen molar-refractivity contribution in [2.75, 3.05) is 24.7 Å². The van der Waals surface area contributed by atoms with Gasteiger partial charge in [0.2, 0.25) is 5.91 Å². The molecule has 1 fully saturated rings. The van der Waals surface area contributed by atoms with E-state index >= 15 is 0 Å². The summed E-state index contributed by atoms with van der Waals surface area (Å²) < 4.78 is 23.8. The van der Waals surface area contributed by atoms with E-state index in [1.165, 1.54) is 4.90 Å². The summed E-state index contributed by atoms with van der Waals surface area (Å²) in [5, 5.41) is 0. The molecule has 0 spiro atoms. The van der Waals surface area contributed by atoms with Crippen LogP contribution in [0.25, 0.3) is 0 Å². The molecule has 154 valence electrons. The van der Waals surface area contributed by atoms with Gasteiger partial charge in [0.15, 0.2) is 0 Å². The number of hydrogen-bond acceptors (Lipinski definition) is 5. The number of carbonyl (C=O) groups excluding carboxylic acids is 2. The molecule has 1 aliphatic rings. The highest BCUT2D eigenvalue weighted by atomic mass is 31.2. The lowest BCUT2D eigenvalue weighted by Crippen LogP contribution is -2.43. The summed E-state index contributed by atoms with van der Waals surface area (Å²) in [6.45, 7) is 3.87. The first-order chi connectivity index (χ1) is 14.0. The van der Waals surface area contributed by atoms with E-state index in [4.69, 9.17) is 9.05 Å². The number of urea groups is 1. The third-order valence-electron chi connectivity index (χ3n) is 4.63. The highest BCUT2D eigenvalue weighted by molar-refractivity contribution is 7.55. The van der Waals surface area contributed by atoms with E-state index in [9.17, 15) is 14.2 Å². The number of para-hydroxylation sites is 2. The first-order valence-electron chi connectivity index (χ1n) is 9.66. The highest BCUT2D eigenvalue weighted by Gasteiger charge is 2.49. The summed E-state index contributed by atoms with van der Waals surface area (Å²) in [4.78, 5) is 29.1. The average Bonchev–Trinajstić information content (AvgIpc) is 3.12. The van der Waals surface area contributed by atoms with Gasteiger partial charge in [-0.1, -0.05) is 36.4 Å². The van der Waals surface area contributed by atoms with Gasteiger partial charge < -0.3 is 9.05 Å². The van der Waals surface area contributed by atoms with Crippen molar-refractivity contribution in [3.63, 3.8) is 0 Å². The van der Waals surface area contributed by atoms with Crippen molar-refractivity contribution in [2.24, 2.45) is 0 Å². The van der Waals surface area contributed by atoms with Gasteiger partial charge in [-0.25, -0.2) is 4.79 Å². The smallest absolute Gasteiger partial charge is 0.308 e. The second-order valence-electron chi connectivity index (χ2n) is 6.46. The van der Waals surface area contributed by atoms with Gasteiger partial charge in [-0.15, -0.1) is 0 Å². The maximum Gasteiger partial charge on any atom is 0.343 e. The number of hydrogen-bond donors (Lipinski definition) is 0. The maximum atomic E-state index is 13.4. The molecule has 0 N–H and O–H groups in total. The Morgan fingerprint density at radius 2 is 1.48 bits per heavy atom. The molecule has 8 heteroatoms. The molecule has 3 amide bonds. The van der Waals surface area contributed by atoms with E-state index in [-0.39, 0.29) is 26.2 Å². The molecule has 0 bridgehead atoms. The van der Waals surface area contributed by atoms with Gasteiger partial charge in [-0.05, 0) is 44.5 Å². The summed E-state index contributed by atoms with van der Waals surface area (Å²) in [5.41, 5.74) is 0.301. The molecule has 29 heavy (non-hydrogen) atoms. The molecule has 0 aliphatic carbocycles. The van der Waals surface area contributed by atoms with Gasteiger partial charge >= 0.3 is 13.6 Å². The Labute approximate surface area is 170 Å². The van der Waals surface area contributed by atoms with E-state index in [2.05, 4.69) is 0 Å². The Hall–Kier alpha value is -2.47. The summed E-state index contributed by atoms with van der Waals surface area (Å²) in [6.07, 6.45) is 0.235. The molecule has 0 saturated carbocycles. The van der Waals surface area contributed by atoms with Crippen molar-refractivity contribution in [2.45, 2.75) is 25.9 Å². The van der Waals surface area contributed by atoms with Crippen LogP contribution in [0.4, 0.5) is 16.2 Å². The molecule has 2 aromatic carbocycles. The van der Waals surface area contributed by atoms with Crippen LogP contribution in [0, 0.1) is 0 Å². The van der Waals surface area contributed by atoms with Crippen LogP contribution in [0.3, 0.4) is 0 Å². The number of amides is 3. The average molecular weight is 416 g/mol. The predicted molar refractivity (Wildman–Crippen MR) is 111 cm³/mol. The van der Waals surface area contributed by atoms with Crippen LogP contribution in [0.5, 0.6) is 0 Å². The quantitative estimate of drug-likeness (QED) is 0.606. The second-order valence-corrected chi connectivity index (χ2v) is 8.68. The van der Waals surface area contributed by atoms with Gasteiger partial charge in [0, 0.05) is 6.54 Å². The zero-order valence-corrected chi connectivity index (χ0v) is 17.5. The molecule has 1 heterocycles. The number of likely N-dealkylation sites (tertiary alicyclic amines) is 1.